The average molecular weight is 437 g/mol. The second kappa shape index (κ2) is 16.5. The molecule has 0 aliphatic rings. The first-order chi connectivity index (χ1) is 15.0. The molecule has 0 aliphatic carbocycles. The molecule has 31 heavy (non-hydrogen) atoms. The van der Waals surface area contributed by atoms with E-state index in [4.69, 9.17) is 5.73 Å². The van der Waals surface area contributed by atoms with Crippen molar-refractivity contribution in [2.75, 3.05) is 6.54 Å². The number of hydrogen-bond donors (Lipinski definition) is 3. The lowest BCUT2D eigenvalue weighted by atomic mass is 10.1. The molecule has 1 aromatic rings. The molecular formula is C23H40N4O4. The van der Waals surface area contributed by atoms with Gasteiger partial charge in [0, 0.05) is 32.0 Å². The molecule has 0 aliphatic heterocycles. The number of carbonyl (C=O) groups excluding carboxylic acids is 2. The van der Waals surface area contributed by atoms with Gasteiger partial charge in [-0.3, -0.25) is 14.2 Å². The molecule has 1 amide bonds. The van der Waals surface area contributed by atoms with Crippen molar-refractivity contribution in [3.05, 3.63) is 18.2 Å². The van der Waals surface area contributed by atoms with Crippen LogP contribution in [-0.2, 0) is 16.0 Å². The minimum absolute atomic E-state index is 0.0182. The van der Waals surface area contributed by atoms with Gasteiger partial charge in [-0.25, -0.2) is 9.78 Å². The summed E-state index contributed by atoms with van der Waals surface area (Å²) >= 11 is 0. The fraction of sp³-hybridized carbons (Fsp3) is 0.739. The van der Waals surface area contributed by atoms with Gasteiger partial charge in [0.2, 0.25) is 11.8 Å². The van der Waals surface area contributed by atoms with Gasteiger partial charge < -0.3 is 16.2 Å². The van der Waals surface area contributed by atoms with E-state index in [1.807, 2.05) is 0 Å². The molecule has 8 nitrogen and oxygen atoms in total. The molecule has 176 valence electrons. The van der Waals surface area contributed by atoms with E-state index in [0.29, 0.717) is 12.1 Å². The lowest BCUT2D eigenvalue weighted by Crippen LogP contribution is -2.42. The van der Waals surface area contributed by atoms with Crippen molar-refractivity contribution in [1.82, 2.24) is 14.9 Å². The summed E-state index contributed by atoms with van der Waals surface area (Å²) in [4.78, 5) is 39.4. The number of nitrogens with two attached hydrogens (primary N) is 1. The van der Waals surface area contributed by atoms with Crippen LogP contribution < -0.4 is 11.1 Å². The van der Waals surface area contributed by atoms with Gasteiger partial charge in [-0.15, -0.1) is 0 Å². The van der Waals surface area contributed by atoms with Crippen LogP contribution in [0.2, 0.25) is 0 Å². The number of imidazole rings is 1. The van der Waals surface area contributed by atoms with Crippen molar-refractivity contribution in [3.8, 4) is 0 Å². The van der Waals surface area contributed by atoms with Crippen LogP contribution in [0.4, 0.5) is 0 Å². The van der Waals surface area contributed by atoms with E-state index in [1.54, 1.807) is 6.20 Å². The predicted octanol–water partition coefficient (Wildman–Crippen LogP) is 3.69. The molecule has 1 aromatic heterocycles. The number of nitrogens with zero attached hydrogens (tertiary/aromatic N) is 2. The fourth-order valence-electron chi connectivity index (χ4n) is 3.48. The zero-order valence-corrected chi connectivity index (χ0v) is 19.0. The number of aliphatic carboxylic acids is 1. The molecule has 1 atom stereocenters. The summed E-state index contributed by atoms with van der Waals surface area (Å²) < 4.78 is 1.41. The molecule has 0 aromatic carbocycles. The van der Waals surface area contributed by atoms with Crippen molar-refractivity contribution < 1.29 is 19.5 Å². The summed E-state index contributed by atoms with van der Waals surface area (Å²) in [5.41, 5.74) is 5.76. The molecule has 0 saturated heterocycles. The minimum atomic E-state index is -1.15. The molecule has 0 spiro atoms. The lowest BCUT2D eigenvalue weighted by Gasteiger charge is -2.12. The van der Waals surface area contributed by atoms with E-state index in [9.17, 15) is 19.5 Å². The van der Waals surface area contributed by atoms with E-state index < -0.39 is 17.9 Å². The first-order valence-corrected chi connectivity index (χ1v) is 11.8. The van der Waals surface area contributed by atoms with Crippen molar-refractivity contribution in [2.24, 2.45) is 5.73 Å². The van der Waals surface area contributed by atoms with Crippen molar-refractivity contribution in [1.29, 1.82) is 0 Å². The van der Waals surface area contributed by atoms with E-state index in [2.05, 4.69) is 17.2 Å². The summed E-state index contributed by atoms with van der Waals surface area (Å²) in [6.45, 7) is 2.39. The van der Waals surface area contributed by atoms with Gasteiger partial charge in [-0.1, -0.05) is 71.1 Å². The number of carboxylic acid groups (broad SMARTS) is 1. The maximum atomic E-state index is 12.3. The number of carboxylic acids is 1. The molecule has 1 unspecified atom stereocenters. The molecule has 1 heterocycles. The van der Waals surface area contributed by atoms with Crippen LogP contribution in [0.3, 0.4) is 0 Å². The monoisotopic (exact) mass is 436 g/mol. The maximum absolute atomic E-state index is 12.3. The summed E-state index contributed by atoms with van der Waals surface area (Å²) in [5, 5.41) is 11.7. The molecule has 0 saturated carbocycles. The van der Waals surface area contributed by atoms with Crippen LogP contribution in [-0.4, -0.2) is 45.0 Å². The highest BCUT2D eigenvalue weighted by Crippen LogP contribution is 2.12. The second-order valence-electron chi connectivity index (χ2n) is 8.15. The Morgan fingerprint density at radius 3 is 2.13 bits per heavy atom. The Kier molecular flexibility index (Phi) is 14.2. The van der Waals surface area contributed by atoms with Crippen LogP contribution >= 0.6 is 0 Å². The Morgan fingerprint density at radius 1 is 1.00 bits per heavy atom. The topological polar surface area (TPSA) is 127 Å². The summed E-state index contributed by atoms with van der Waals surface area (Å²) in [5.74, 6) is -1.61. The third-order valence-electron chi connectivity index (χ3n) is 5.34. The van der Waals surface area contributed by atoms with Gasteiger partial charge in [0.05, 0.1) is 5.69 Å². The van der Waals surface area contributed by atoms with Crippen molar-refractivity contribution >= 4 is 17.8 Å². The Hall–Kier alpha value is -2.22. The number of rotatable bonds is 18. The third kappa shape index (κ3) is 12.3. The number of nitrogens with one attached hydrogen (secondary N) is 1. The van der Waals surface area contributed by atoms with Crippen molar-refractivity contribution in [2.45, 2.75) is 103 Å². The molecule has 8 heteroatoms. The van der Waals surface area contributed by atoms with Crippen LogP contribution in [0, 0.1) is 0 Å². The highest BCUT2D eigenvalue weighted by molar-refractivity contribution is 5.83. The molecule has 0 fully saturated rings. The number of aromatic nitrogens is 2. The second-order valence-corrected chi connectivity index (χ2v) is 8.15. The number of hydrogen-bond acceptors (Lipinski definition) is 5. The third-order valence-corrected chi connectivity index (χ3v) is 5.34. The predicted molar refractivity (Wildman–Crippen MR) is 121 cm³/mol. The van der Waals surface area contributed by atoms with Gasteiger partial charge >= 0.3 is 5.97 Å². The normalized spacial score (nSPS) is 11.9. The Labute approximate surface area is 186 Å². The molecule has 0 bridgehead atoms. The largest absolute Gasteiger partial charge is 0.480 e. The zero-order chi connectivity index (χ0) is 22.9. The molecule has 1 rings (SSSR count). The lowest BCUT2D eigenvalue weighted by molar-refractivity contribution is -0.141. The van der Waals surface area contributed by atoms with Gasteiger partial charge in [-0.05, 0) is 6.42 Å². The molecular weight excluding hydrogens is 396 g/mol. The number of unbranched alkanes of at least 4 members (excludes halogenated alkanes) is 10. The SMILES string of the molecule is CCCCCCCCCCCCCC(=O)n1cnc(CC(NC(=O)CCN)C(=O)O)c1. The Balaban J connectivity index is 2.24. The van der Waals surface area contributed by atoms with Gasteiger partial charge in [0.25, 0.3) is 0 Å². The quantitative estimate of drug-likeness (QED) is 0.301. The van der Waals surface area contributed by atoms with E-state index in [-0.39, 0.29) is 25.3 Å². The molecule has 0 radical (unpaired) electrons. The van der Waals surface area contributed by atoms with Crippen LogP contribution in [0.5, 0.6) is 0 Å². The summed E-state index contributed by atoms with van der Waals surface area (Å²) in [6.07, 6.45) is 17.0. The van der Waals surface area contributed by atoms with Crippen LogP contribution in [0.1, 0.15) is 101 Å². The Morgan fingerprint density at radius 2 is 1.58 bits per heavy atom. The summed E-state index contributed by atoms with van der Waals surface area (Å²) in [6, 6.07) is -1.09. The standard InChI is InChI=1S/C23H40N4O4/c1-2-3-4-5-6-7-8-9-10-11-12-13-22(29)27-17-19(25-18-27)16-20(23(30)31)26-21(28)14-15-24/h17-18,20H,2-16,24H2,1H3,(H,26,28)(H,30,31). The van der Waals surface area contributed by atoms with E-state index >= 15 is 0 Å². The van der Waals surface area contributed by atoms with Crippen LogP contribution in [0.15, 0.2) is 12.5 Å². The highest BCUT2D eigenvalue weighted by atomic mass is 16.4. The number of carbonyl (C=O) groups is 3. The van der Waals surface area contributed by atoms with Crippen LogP contribution in [0.25, 0.3) is 0 Å². The number of amides is 1. The van der Waals surface area contributed by atoms with E-state index in [0.717, 1.165) is 19.3 Å². The Bertz CT molecular complexity index is 660. The van der Waals surface area contributed by atoms with Gasteiger partial charge in [-0.2, -0.15) is 0 Å². The van der Waals surface area contributed by atoms with E-state index in [1.165, 1.54) is 62.3 Å². The smallest absolute Gasteiger partial charge is 0.326 e. The highest BCUT2D eigenvalue weighted by Gasteiger charge is 2.21. The summed E-state index contributed by atoms with van der Waals surface area (Å²) in [7, 11) is 0. The first-order valence-electron chi connectivity index (χ1n) is 11.8. The van der Waals surface area contributed by atoms with Crippen molar-refractivity contribution in [3.63, 3.8) is 0 Å². The van der Waals surface area contributed by atoms with Gasteiger partial charge in [0.1, 0.15) is 12.4 Å². The van der Waals surface area contributed by atoms with Gasteiger partial charge in [0.15, 0.2) is 0 Å². The zero-order valence-electron chi connectivity index (χ0n) is 19.0. The molecule has 4 N–H and O–H groups in total. The fourth-order valence-corrected chi connectivity index (χ4v) is 3.48. The first kappa shape index (κ1) is 26.8. The average Bonchev–Trinajstić information content (AvgIpc) is 3.20. The maximum Gasteiger partial charge on any atom is 0.326 e. The minimum Gasteiger partial charge on any atom is -0.480 e.